The summed E-state index contributed by atoms with van der Waals surface area (Å²) in [5, 5.41) is 0. The first-order chi connectivity index (χ1) is 6.21. The quantitative estimate of drug-likeness (QED) is 0.539. The summed E-state index contributed by atoms with van der Waals surface area (Å²) in [4.78, 5) is 0. The van der Waals surface area contributed by atoms with Crippen molar-refractivity contribution in [2.24, 2.45) is 0 Å². The zero-order chi connectivity index (χ0) is 12.7. The molecule has 0 aliphatic rings. The van der Waals surface area contributed by atoms with Crippen LogP contribution in [0.5, 0.6) is 0 Å². The van der Waals surface area contributed by atoms with Crippen molar-refractivity contribution in [2.75, 3.05) is 0 Å². The summed E-state index contributed by atoms with van der Waals surface area (Å²) in [5.74, 6) is 0. The third-order valence-electron chi connectivity index (χ3n) is 1.59. The Kier molecular flexibility index (Phi) is 3.59. The second-order valence-corrected chi connectivity index (χ2v) is 8.67. The summed E-state index contributed by atoms with van der Waals surface area (Å²) in [6, 6.07) is 0. The minimum absolute atomic E-state index is 0.0191. The fraction of sp³-hybridized carbons (Fsp3) is 1.00. The fourth-order valence-electron chi connectivity index (χ4n) is 0.889. The van der Waals surface area contributed by atoms with Crippen LogP contribution in [0.25, 0.3) is 0 Å². The van der Waals surface area contributed by atoms with Crippen molar-refractivity contribution in [1.29, 1.82) is 0 Å². The summed E-state index contributed by atoms with van der Waals surface area (Å²) in [6.45, 7) is 3.82. The molecular formula is C7H12F6OSi. The summed E-state index contributed by atoms with van der Waals surface area (Å²) < 4.78 is 78.1. The van der Waals surface area contributed by atoms with E-state index in [-0.39, 0.29) is 6.92 Å². The van der Waals surface area contributed by atoms with Gasteiger partial charge >= 0.3 is 12.4 Å². The predicted octanol–water partition coefficient (Wildman–Crippen LogP) is 3.72. The number of rotatable bonds is 2. The molecule has 0 atom stereocenters. The van der Waals surface area contributed by atoms with Gasteiger partial charge in [-0.2, -0.15) is 26.3 Å². The number of alkyl halides is 6. The molecule has 92 valence electrons. The Morgan fingerprint density at radius 3 is 1.13 bits per heavy atom. The standard InChI is InChI=1S/C7H12F6OSi/c1-5(6(8,9)10,7(11,12)13)14-15(2,3)4/h1-4H3. The van der Waals surface area contributed by atoms with E-state index in [0.717, 1.165) is 0 Å². The predicted molar refractivity (Wildman–Crippen MR) is 44.9 cm³/mol. The van der Waals surface area contributed by atoms with Gasteiger partial charge in [0.1, 0.15) is 0 Å². The molecule has 0 saturated heterocycles. The Balaban J connectivity index is 5.26. The van der Waals surface area contributed by atoms with E-state index in [0.29, 0.717) is 0 Å². The third kappa shape index (κ3) is 3.37. The molecule has 0 aliphatic carbocycles. The molecule has 0 aromatic heterocycles. The molecule has 0 aromatic carbocycles. The lowest BCUT2D eigenvalue weighted by Gasteiger charge is -2.38. The van der Waals surface area contributed by atoms with Crippen LogP contribution in [0.3, 0.4) is 0 Å². The zero-order valence-corrected chi connectivity index (χ0v) is 9.68. The Bertz CT molecular complexity index is 211. The normalized spacial score (nSPS) is 15.6. The highest BCUT2D eigenvalue weighted by molar-refractivity contribution is 6.69. The first kappa shape index (κ1) is 14.8. The lowest BCUT2D eigenvalue weighted by Crippen LogP contribution is -2.60. The molecule has 0 spiro atoms. The van der Waals surface area contributed by atoms with Gasteiger partial charge in [0.15, 0.2) is 8.32 Å². The summed E-state index contributed by atoms with van der Waals surface area (Å²) >= 11 is 0. The van der Waals surface area contributed by atoms with Gasteiger partial charge in [-0.1, -0.05) is 0 Å². The van der Waals surface area contributed by atoms with Gasteiger partial charge in [-0.25, -0.2) is 0 Å². The minimum Gasteiger partial charge on any atom is -0.397 e. The third-order valence-corrected chi connectivity index (χ3v) is 2.61. The van der Waals surface area contributed by atoms with Crippen molar-refractivity contribution in [3.63, 3.8) is 0 Å². The Morgan fingerprint density at radius 1 is 0.800 bits per heavy atom. The molecule has 0 heterocycles. The molecule has 0 N–H and O–H groups in total. The maximum absolute atomic E-state index is 12.3. The van der Waals surface area contributed by atoms with Crippen molar-refractivity contribution in [1.82, 2.24) is 0 Å². The molecule has 0 aliphatic heterocycles. The monoisotopic (exact) mass is 254 g/mol. The fourth-order valence-corrected chi connectivity index (χ4v) is 2.35. The molecule has 15 heavy (non-hydrogen) atoms. The van der Waals surface area contributed by atoms with Crippen LogP contribution in [0.2, 0.25) is 19.6 Å². The van der Waals surface area contributed by atoms with Crippen LogP contribution in [-0.2, 0) is 4.43 Å². The van der Waals surface area contributed by atoms with E-state index in [1.165, 1.54) is 19.6 Å². The van der Waals surface area contributed by atoms with Gasteiger partial charge < -0.3 is 4.43 Å². The van der Waals surface area contributed by atoms with Gasteiger partial charge in [0, 0.05) is 0 Å². The van der Waals surface area contributed by atoms with E-state index in [1.54, 1.807) is 0 Å². The Morgan fingerprint density at radius 2 is 1.07 bits per heavy atom. The van der Waals surface area contributed by atoms with Crippen molar-refractivity contribution in [2.45, 2.75) is 44.5 Å². The first-order valence-electron chi connectivity index (χ1n) is 4.04. The molecule has 0 amide bonds. The smallest absolute Gasteiger partial charge is 0.397 e. The molecule has 0 fully saturated rings. The van der Waals surface area contributed by atoms with Crippen LogP contribution >= 0.6 is 0 Å². The van der Waals surface area contributed by atoms with E-state index in [4.69, 9.17) is 0 Å². The second kappa shape index (κ2) is 3.65. The summed E-state index contributed by atoms with van der Waals surface area (Å²) in [6.07, 6.45) is -10.9. The second-order valence-electron chi connectivity index (χ2n) is 4.24. The van der Waals surface area contributed by atoms with Gasteiger partial charge in [0.2, 0.25) is 5.60 Å². The molecule has 0 rings (SSSR count). The topological polar surface area (TPSA) is 9.23 Å². The van der Waals surface area contributed by atoms with E-state index < -0.39 is 26.3 Å². The highest BCUT2D eigenvalue weighted by Gasteiger charge is 2.69. The van der Waals surface area contributed by atoms with Crippen molar-refractivity contribution in [3.8, 4) is 0 Å². The van der Waals surface area contributed by atoms with Crippen LogP contribution in [-0.4, -0.2) is 26.3 Å². The van der Waals surface area contributed by atoms with Gasteiger partial charge in [-0.3, -0.25) is 0 Å². The van der Waals surface area contributed by atoms with Crippen molar-refractivity contribution >= 4 is 8.32 Å². The lowest BCUT2D eigenvalue weighted by molar-refractivity contribution is -0.353. The van der Waals surface area contributed by atoms with Gasteiger partial charge in [0.25, 0.3) is 0 Å². The van der Waals surface area contributed by atoms with Crippen LogP contribution < -0.4 is 0 Å². The van der Waals surface area contributed by atoms with E-state index in [1.807, 2.05) is 0 Å². The van der Waals surface area contributed by atoms with E-state index >= 15 is 0 Å². The van der Waals surface area contributed by atoms with Gasteiger partial charge in [0.05, 0.1) is 0 Å². The lowest BCUT2D eigenvalue weighted by atomic mass is 10.1. The highest BCUT2D eigenvalue weighted by Crippen LogP contribution is 2.46. The van der Waals surface area contributed by atoms with Crippen molar-refractivity contribution in [3.05, 3.63) is 0 Å². The number of hydrogen-bond acceptors (Lipinski definition) is 1. The van der Waals surface area contributed by atoms with Crippen LogP contribution in [0.4, 0.5) is 26.3 Å². The van der Waals surface area contributed by atoms with Crippen LogP contribution in [0.1, 0.15) is 6.92 Å². The Hall–Kier alpha value is -0.243. The zero-order valence-electron chi connectivity index (χ0n) is 8.68. The largest absolute Gasteiger partial charge is 0.425 e. The van der Waals surface area contributed by atoms with E-state index in [9.17, 15) is 26.3 Å². The molecule has 0 saturated carbocycles. The first-order valence-corrected chi connectivity index (χ1v) is 7.45. The number of halogens is 6. The summed E-state index contributed by atoms with van der Waals surface area (Å²) in [5.41, 5.74) is -4.08. The molecule has 1 nitrogen and oxygen atoms in total. The maximum Gasteiger partial charge on any atom is 0.425 e. The number of hydrogen-bond donors (Lipinski definition) is 0. The van der Waals surface area contributed by atoms with Crippen LogP contribution in [0.15, 0.2) is 0 Å². The molecule has 0 radical (unpaired) electrons. The van der Waals surface area contributed by atoms with Crippen LogP contribution in [0, 0.1) is 0 Å². The SMILES string of the molecule is CC(O[Si](C)(C)C)(C(F)(F)F)C(F)(F)F. The average molecular weight is 254 g/mol. The van der Waals surface area contributed by atoms with Gasteiger partial charge in [-0.05, 0) is 26.6 Å². The highest BCUT2D eigenvalue weighted by atomic mass is 28.4. The molecule has 0 unspecified atom stereocenters. The molecule has 8 heteroatoms. The maximum atomic E-state index is 12.3. The minimum atomic E-state index is -5.47. The Labute approximate surface area is 84.5 Å². The molecular weight excluding hydrogens is 242 g/mol. The van der Waals surface area contributed by atoms with Crippen molar-refractivity contribution < 1.29 is 30.8 Å². The van der Waals surface area contributed by atoms with Gasteiger partial charge in [-0.15, -0.1) is 0 Å². The molecule has 0 aromatic rings. The summed E-state index contributed by atoms with van der Waals surface area (Å²) in [7, 11) is -2.95. The van der Waals surface area contributed by atoms with E-state index in [2.05, 4.69) is 4.43 Å². The average Bonchev–Trinajstić information content (AvgIpc) is 1.77. The molecule has 0 bridgehead atoms.